The molecule has 0 atom stereocenters. The lowest BCUT2D eigenvalue weighted by molar-refractivity contribution is 0.416. The Morgan fingerprint density at radius 1 is 1.11 bits per heavy atom. The van der Waals surface area contributed by atoms with E-state index in [4.69, 9.17) is 18.0 Å². The summed E-state index contributed by atoms with van der Waals surface area (Å²) in [4.78, 5) is 30.7. The molecule has 0 aliphatic rings. The number of hydrogen-bond acceptors (Lipinski definition) is 7. The number of aromatic nitrogens is 4. The van der Waals surface area contributed by atoms with E-state index < -0.39 is 0 Å². The summed E-state index contributed by atoms with van der Waals surface area (Å²) in [7, 11) is 7.83. The van der Waals surface area contributed by atoms with Crippen molar-refractivity contribution in [2.45, 2.75) is 0 Å². The van der Waals surface area contributed by atoms with E-state index in [1.54, 1.807) is 25.5 Å². The van der Waals surface area contributed by atoms with Gasteiger partial charge in [-0.2, -0.15) is 4.98 Å². The van der Waals surface area contributed by atoms with E-state index in [0.717, 1.165) is 24.5 Å². The summed E-state index contributed by atoms with van der Waals surface area (Å²) in [5, 5.41) is 4.13. The maximum Gasteiger partial charge on any atom is 0.261 e. The SMILES string of the molecule is C#Cc1c(-c2ccncc2Cl)c(=O)n(C)c2nc(Nc3ccc(N(C)CCN(C)C)cc3)ncc12. The second-order valence-corrected chi connectivity index (χ2v) is 8.85. The van der Waals surface area contributed by atoms with Crippen molar-refractivity contribution in [3.63, 3.8) is 0 Å². The van der Waals surface area contributed by atoms with Crippen LogP contribution in [-0.2, 0) is 7.05 Å². The predicted molar refractivity (Wildman–Crippen MR) is 143 cm³/mol. The lowest BCUT2D eigenvalue weighted by Crippen LogP contribution is -2.28. The van der Waals surface area contributed by atoms with Crippen LogP contribution in [0.4, 0.5) is 17.3 Å². The van der Waals surface area contributed by atoms with Gasteiger partial charge in [0.15, 0.2) is 0 Å². The molecular weight excluding hydrogens is 462 g/mol. The first-order valence-electron chi connectivity index (χ1n) is 11.0. The molecule has 8 nitrogen and oxygen atoms in total. The van der Waals surface area contributed by atoms with Crippen molar-refractivity contribution in [2.75, 3.05) is 44.4 Å². The fraction of sp³-hybridized carbons (Fsp3) is 0.231. The largest absolute Gasteiger partial charge is 0.373 e. The first kappa shape index (κ1) is 24.2. The molecule has 0 amide bonds. The summed E-state index contributed by atoms with van der Waals surface area (Å²) in [6, 6.07) is 9.68. The van der Waals surface area contributed by atoms with Crippen molar-refractivity contribution in [2.24, 2.45) is 7.05 Å². The molecule has 3 aromatic heterocycles. The van der Waals surface area contributed by atoms with E-state index in [1.807, 2.05) is 24.3 Å². The smallest absolute Gasteiger partial charge is 0.261 e. The predicted octanol–water partition coefficient (Wildman–Crippen LogP) is 3.77. The molecule has 0 unspecified atom stereocenters. The van der Waals surface area contributed by atoms with Gasteiger partial charge >= 0.3 is 0 Å². The third kappa shape index (κ3) is 4.97. The Kier molecular flexibility index (Phi) is 7.01. The number of aryl methyl sites for hydroxylation is 1. The lowest BCUT2D eigenvalue weighted by Gasteiger charge is -2.21. The number of pyridine rings is 2. The molecule has 0 spiro atoms. The van der Waals surface area contributed by atoms with Crippen LogP contribution in [0.1, 0.15) is 5.56 Å². The van der Waals surface area contributed by atoms with Crippen LogP contribution in [0.15, 0.2) is 53.7 Å². The van der Waals surface area contributed by atoms with Crippen molar-refractivity contribution in [3.05, 3.63) is 69.9 Å². The van der Waals surface area contributed by atoms with E-state index >= 15 is 0 Å². The molecule has 35 heavy (non-hydrogen) atoms. The van der Waals surface area contributed by atoms with Crippen LogP contribution in [0, 0.1) is 12.3 Å². The molecule has 0 aliphatic heterocycles. The number of likely N-dealkylation sites (N-methyl/N-ethyl adjacent to an activating group) is 2. The maximum absolute atomic E-state index is 13.3. The molecule has 0 bridgehead atoms. The Balaban J connectivity index is 1.68. The van der Waals surface area contributed by atoms with Gasteiger partial charge in [0, 0.05) is 62.7 Å². The number of fused-ring (bicyclic) bond motifs is 1. The number of benzene rings is 1. The average Bonchev–Trinajstić information content (AvgIpc) is 2.85. The highest BCUT2D eigenvalue weighted by Gasteiger charge is 2.19. The summed E-state index contributed by atoms with van der Waals surface area (Å²) in [5.41, 5.74) is 3.32. The molecule has 0 fully saturated rings. The molecular formula is C26H26ClN7O. The summed E-state index contributed by atoms with van der Waals surface area (Å²) in [6.45, 7) is 1.89. The molecule has 0 radical (unpaired) electrons. The van der Waals surface area contributed by atoms with Crippen LogP contribution in [0.3, 0.4) is 0 Å². The first-order chi connectivity index (χ1) is 16.8. The average molecular weight is 488 g/mol. The van der Waals surface area contributed by atoms with Gasteiger partial charge in [-0.05, 0) is 44.4 Å². The van der Waals surface area contributed by atoms with Crippen LogP contribution in [-0.4, -0.2) is 58.7 Å². The molecule has 9 heteroatoms. The molecule has 0 aliphatic carbocycles. The zero-order chi connectivity index (χ0) is 25.1. The monoisotopic (exact) mass is 487 g/mol. The van der Waals surface area contributed by atoms with Crippen molar-refractivity contribution in [1.82, 2.24) is 24.4 Å². The number of anilines is 3. The van der Waals surface area contributed by atoms with Crippen LogP contribution in [0.2, 0.25) is 5.02 Å². The van der Waals surface area contributed by atoms with E-state index in [2.05, 4.69) is 57.1 Å². The number of hydrogen-bond donors (Lipinski definition) is 1. The van der Waals surface area contributed by atoms with Crippen molar-refractivity contribution < 1.29 is 0 Å². The fourth-order valence-corrected chi connectivity index (χ4v) is 3.97. The van der Waals surface area contributed by atoms with Gasteiger partial charge in [0.1, 0.15) is 5.65 Å². The van der Waals surface area contributed by atoms with E-state index in [-0.39, 0.29) is 5.56 Å². The molecule has 4 rings (SSSR count). The fourth-order valence-electron chi connectivity index (χ4n) is 3.76. The van der Waals surface area contributed by atoms with E-state index in [9.17, 15) is 4.79 Å². The minimum atomic E-state index is -0.298. The van der Waals surface area contributed by atoms with Gasteiger partial charge in [-0.25, -0.2) is 4.98 Å². The number of terminal acetylenes is 1. The van der Waals surface area contributed by atoms with Gasteiger partial charge in [-0.3, -0.25) is 14.3 Å². The highest BCUT2D eigenvalue weighted by Crippen LogP contribution is 2.30. The van der Waals surface area contributed by atoms with Crippen LogP contribution >= 0.6 is 11.6 Å². The van der Waals surface area contributed by atoms with E-state index in [1.165, 1.54) is 10.8 Å². The second kappa shape index (κ2) is 10.1. The van der Waals surface area contributed by atoms with Crippen LogP contribution < -0.4 is 15.8 Å². The highest BCUT2D eigenvalue weighted by molar-refractivity contribution is 6.33. The Hall–Kier alpha value is -3.93. The Morgan fingerprint density at radius 3 is 2.51 bits per heavy atom. The molecule has 4 aromatic rings. The van der Waals surface area contributed by atoms with E-state index in [0.29, 0.717) is 38.7 Å². The number of nitrogens with one attached hydrogen (secondary N) is 1. The van der Waals surface area contributed by atoms with Crippen LogP contribution in [0.25, 0.3) is 22.2 Å². The summed E-state index contributed by atoms with van der Waals surface area (Å²) in [6.07, 6.45) is 10.5. The minimum absolute atomic E-state index is 0.298. The Labute approximate surface area is 209 Å². The minimum Gasteiger partial charge on any atom is -0.373 e. The second-order valence-electron chi connectivity index (χ2n) is 8.44. The third-order valence-corrected chi connectivity index (χ3v) is 6.06. The molecule has 1 aromatic carbocycles. The molecule has 1 N–H and O–H groups in total. The number of rotatable bonds is 7. The van der Waals surface area contributed by atoms with Gasteiger partial charge < -0.3 is 15.1 Å². The summed E-state index contributed by atoms with van der Waals surface area (Å²) < 4.78 is 1.46. The van der Waals surface area contributed by atoms with Gasteiger partial charge in [0.25, 0.3) is 5.56 Å². The van der Waals surface area contributed by atoms with Crippen molar-refractivity contribution in [1.29, 1.82) is 0 Å². The van der Waals surface area contributed by atoms with Gasteiger partial charge in [0.05, 0.1) is 21.5 Å². The zero-order valence-corrected chi connectivity index (χ0v) is 20.8. The van der Waals surface area contributed by atoms with Gasteiger partial charge in [0.2, 0.25) is 5.95 Å². The van der Waals surface area contributed by atoms with Crippen molar-refractivity contribution in [3.8, 4) is 23.5 Å². The van der Waals surface area contributed by atoms with Gasteiger partial charge in [-0.15, -0.1) is 6.42 Å². The van der Waals surface area contributed by atoms with Crippen molar-refractivity contribution >= 4 is 40.0 Å². The molecule has 3 heterocycles. The quantitative estimate of drug-likeness (QED) is 0.397. The summed E-state index contributed by atoms with van der Waals surface area (Å²) >= 11 is 6.31. The lowest BCUT2D eigenvalue weighted by atomic mass is 10.00. The normalized spacial score (nSPS) is 11.0. The standard InChI is InChI=1S/C26H26ClN7O/c1-6-19-21-15-29-26(30-17-7-9-18(10-8-17)33(4)14-13-32(2)3)31-24(21)34(5)25(35)23(19)20-11-12-28-16-22(20)27/h1,7-12,15-16H,13-14H2,2-5H3,(H,29,30,31). The molecule has 0 saturated heterocycles. The zero-order valence-electron chi connectivity index (χ0n) is 20.1. The Morgan fingerprint density at radius 2 is 1.86 bits per heavy atom. The third-order valence-electron chi connectivity index (χ3n) is 5.76. The number of halogens is 1. The Bertz CT molecular complexity index is 1470. The highest BCUT2D eigenvalue weighted by atomic mass is 35.5. The van der Waals surface area contributed by atoms with Gasteiger partial charge in [-0.1, -0.05) is 17.5 Å². The molecule has 178 valence electrons. The maximum atomic E-state index is 13.3. The summed E-state index contributed by atoms with van der Waals surface area (Å²) in [5.74, 6) is 3.00. The number of nitrogens with zero attached hydrogens (tertiary/aromatic N) is 6. The first-order valence-corrected chi connectivity index (χ1v) is 11.4. The van der Waals surface area contributed by atoms with Crippen LogP contribution in [0.5, 0.6) is 0 Å². The topological polar surface area (TPSA) is 79.2 Å². The molecule has 0 saturated carbocycles.